The smallest absolute Gasteiger partial charge is 0.313 e. The number of benzene rings is 1. The summed E-state index contributed by atoms with van der Waals surface area (Å²) < 4.78 is 85.8. The zero-order valence-corrected chi connectivity index (χ0v) is 16.6. The highest BCUT2D eigenvalue weighted by Gasteiger charge is 2.25. The van der Waals surface area contributed by atoms with Crippen molar-refractivity contribution in [2.45, 2.75) is 0 Å². The molecule has 0 aliphatic carbocycles. The van der Waals surface area contributed by atoms with E-state index in [4.69, 9.17) is 12.5 Å². The molecule has 0 saturated heterocycles. The maximum absolute atomic E-state index is 12.0. The molecule has 0 aliphatic rings. The van der Waals surface area contributed by atoms with Gasteiger partial charge in [-0.2, -0.15) is 25.3 Å². The van der Waals surface area contributed by atoms with E-state index in [-0.39, 0.29) is 0 Å². The van der Waals surface area contributed by atoms with Crippen LogP contribution in [0.25, 0.3) is 0 Å². The first-order valence-electron chi connectivity index (χ1n) is 7.17. The molecule has 0 atom stereocenters. The maximum Gasteiger partial charge on any atom is 0.313 e. The van der Waals surface area contributed by atoms with Gasteiger partial charge in [0, 0.05) is 0 Å². The summed E-state index contributed by atoms with van der Waals surface area (Å²) in [5.41, 5.74) is 0. The summed E-state index contributed by atoms with van der Waals surface area (Å²) in [6.07, 6.45) is 3.14. The van der Waals surface area contributed by atoms with Crippen molar-refractivity contribution in [1.29, 1.82) is 0 Å². The molecule has 0 aromatic heterocycles. The molecule has 9 nitrogen and oxygen atoms in total. The lowest BCUT2D eigenvalue weighted by atomic mass is 10.3. The summed E-state index contributed by atoms with van der Waals surface area (Å²) in [6.45, 7) is 9.80. The molecule has 0 amide bonds. The number of hydrogen-bond acceptors (Lipinski definition) is 9. The van der Waals surface area contributed by atoms with E-state index in [0.717, 1.165) is 30.4 Å². The molecule has 0 aliphatic heterocycles. The van der Waals surface area contributed by atoms with Gasteiger partial charge in [-0.25, -0.2) is 0 Å². The summed E-state index contributed by atoms with van der Waals surface area (Å²) >= 11 is 0. The second kappa shape index (κ2) is 9.06. The van der Waals surface area contributed by atoms with Gasteiger partial charge in [-0.15, -0.1) is 19.7 Å². The van der Waals surface area contributed by atoms with Crippen LogP contribution in [0.1, 0.15) is 0 Å². The predicted octanol–water partition coefficient (Wildman–Crippen LogP) is 1.37. The Morgan fingerprint density at radius 1 is 0.667 bits per heavy atom. The molecule has 0 N–H and O–H groups in total. The SMILES string of the molecule is C=CCS(=O)(=O)Oc1cccc(OS(=O)(=O)CC=C)c1OS(=O)(=O)CC=C. The molecule has 0 spiro atoms. The van der Waals surface area contributed by atoms with Gasteiger partial charge < -0.3 is 12.5 Å². The van der Waals surface area contributed by atoms with E-state index in [1.54, 1.807) is 0 Å². The standard InChI is InChI=1S/C15H18O9S3/c1-4-10-25(16,17)22-13-8-7-9-14(23-26(18,19)11-5-2)15(13)24-27(20,21)12-6-3/h4-9H,1-3,10-12H2. The van der Waals surface area contributed by atoms with E-state index in [9.17, 15) is 25.3 Å². The van der Waals surface area contributed by atoms with E-state index in [1.807, 2.05) is 0 Å². The van der Waals surface area contributed by atoms with Crippen LogP contribution < -0.4 is 12.5 Å². The minimum Gasteiger partial charge on any atom is -0.378 e. The van der Waals surface area contributed by atoms with Crippen molar-refractivity contribution in [3.8, 4) is 17.2 Å². The molecular formula is C15H18O9S3. The Kier molecular flexibility index (Phi) is 7.63. The molecule has 1 aromatic rings. The minimum absolute atomic E-state index is 0.573. The zero-order valence-electron chi connectivity index (χ0n) is 14.1. The summed E-state index contributed by atoms with van der Waals surface area (Å²) in [5.74, 6) is -3.66. The third-order valence-corrected chi connectivity index (χ3v) is 5.77. The first-order valence-corrected chi connectivity index (χ1v) is 11.9. The van der Waals surface area contributed by atoms with E-state index in [1.165, 1.54) is 6.07 Å². The summed E-state index contributed by atoms with van der Waals surface area (Å²) in [7, 11) is -12.6. The van der Waals surface area contributed by atoms with Crippen LogP contribution in [0.5, 0.6) is 17.2 Å². The monoisotopic (exact) mass is 438 g/mol. The van der Waals surface area contributed by atoms with Crippen molar-refractivity contribution >= 4 is 30.4 Å². The van der Waals surface area contributed by atoms with E-state index >= 15 is 0 Å². The predicted molar refractivity (Wildman–Crippen MR) is 100 cm³/mol. The van der Waals surface area contributed by atoms with Gasteiger partial charge in [-0.1, -0.05) is 24.3 Å². The average molecular weight is 439 g/mol. The van der Waals surface area contributed by atoms with Crippen molar-refractivity contribution in [3.63, 3.8) is 0 Å². The maximum atomic E-state index is 12.0. The van der Waals surface area contributed by atoms with Crippen molar-refractivity contribution < 1.29 is 37.8 Å². The first-order chi connectivity index (χ1) is 12.5. The molecule has 0 saturated carbocycles. The molecule has 150 valence electrons. The summed E-state index contributed by atoms with van der Waals surface area (Å²) in [5, 5.41) is 0. The third kappa shape index (κ3) is 7.45. The molecule has 0 unspecified atom stereocenters. The normalized spacial score (nSPS) is 12.0. The highest BCUT2D eigenvalue weighted by atomic mass is 32.2. The van der Waals surface area contributed by atoms with Crippen molar-refractivity contribution in [2.24, 2.45) is 0 Å². The number of rotatable bonds is 12. The van der Waals surface area contributed by atoms with Crippen LogP contribution >= 0.6 is 0 Å². The Morgan fingerprint density at radius 2 is 1.00 bits per heavy atom. The molecule has 0 bridgehead atoms. The summed E-state index contributed by atoms with van der Waals surface area (Å²) in [4.78, 5) is 0. The van der Waals surface area contributed by atoms with Gasteiger partial charge in [-0.3, -0.25) is 0 Å². The molecule has 0 radical (unpaired) electrons. The molecule has 0 fully saturated rings. The van der Waals surface area contributed by atoms with Crippen LogP contribution in [-0.2, 0) is 30.4 Å². The van der Waals surface area contributed by atoms with Crippen LogP contribution in [0, 0.1) is 0 Å². The Hall–Kier alpha value is -2.31. The summed E-state index contributed by atoms with van der Waals surface area (Å²) in [6, 6.07) is 3.35. The van der Waals surface area contributed by atoms with Gasteiger partial charge >= 0.3 is 30.4 Å². The van der Waals surface area contributed by atoms with Crippen LogP contribution in [0.15, 0.2) is 56.2 Å². The second-order valence-electron chi connectivity index (χ2n) is 4.87. The highest BCUT2D eigenvalue weighted by molar-refractivity contribution is 7.87. The Bertz CT molecular complexity index is 960. The molecule has 0 heterocycles. The van der Waals surface area contributed by atoms with Crippen LogP contribution in [0.2, 0.25) is 0 Å². The Morgan fingerprint density at radius 3 is 1.33 bits per heavy atom. The third-order valence-electron chi connectivity index (χ3n) is 2.55. The minimum atomic E-state index is -4.27. The van der Waals surface area contributed by atoms with Gasteiger partial charge in [0.15, 0.2) is 11.5 Å². The van der Waals surface area contributed by atoms with Crippen LogP contribution in [0.4, 0.5) is 0 Å². The van der Waals surface area contributed by atoms with Gasteiger partial charge in [0.2, 0.25) is 5.75 Å². The van der Waals surface area contributed by atoms with E-state index < -0.39 is 64.9 Å². The van der Waals surface area contributed by atoms with Crippen LogP contribution in [0.3, 0.4) is 0 Å². The lowest BCUT2D eigenvalue weighted by Gasteiger charge is -2.15. The highest BCUT2D eigenvalue weighted by Crippen LogP contribution is 2.39. The lowest BCUT2D eigenvalue weighted by molar-refractivity contribution is 0.430. The number of hydrogen-bond donors (Lipinski definition) is 0. The molecule has 1 aromatic carbocycles. The fraction of sp³-hybridized carbons (Fsp3) is 0.200. The quantitative estimate of drug-likeness (QED) is 0.351. The van der Waals surface area contributed by atoms with Crippen molar-refractivity contribution in [2.75, 3.05) is 17.3 Å². The fourth-order valence-corrected chi connectivity index (χ4v) is 3.94. The molecule has 1 rings (SSSR count). The van der Waals surface area contributed by atoms with Crippen molar-refractivity contribution in [1.82, 2.24) is 0 Å². The largest absolute Gasteiger partial charge is 0.378 e. The molecule has 27 heavy (non-hydrogen) atoms. The zero-order chi connectivity index (χ0) is 20.7. The Balaban J connectivity index is 3.50. The second-order valence-corrected chi connectivity index (χ2v) is 9.72. The fourth-order valence-electron chi connectivity index (χ4n) is 1.64. The topological polar surface area (TPSA) is 130 Å². The van der Waals surface area contributed by atoms with Gasteiger partial charge in [-0.05, 0) is 12.1 Å². The van der Waals surface area contributed by atoms with Crippen molar-refractivity contribution in [3.05, 3.63) is 56.2 Å². The Labute approximate surface area is 158 Å². The lowest BCUT2D eigenvalue weighted by Crippen LogP contribution is -2.18. The van der Waals surface area contributed by atoms with Gasteiger partial charge in [0.1, 0.15) is 17.3 Å². The first kappa shape index (κ1) is 22.7. The molecule has 12 heteroatoms. The van der Waals surface area contributed by atoms with E-state index in [2.05, 4.69) is 19.7 Å². The van der Waals surface area contributed by atoms with Gasteiger partial charge in [0.05, 0.1) is 0 Å². The average Bonchev–Trinajstić information content (AvgIpc) is 2.49. The van der Waals surface area contributed by atoms with E-state index in [0.29, 0.717) is 0 Å². The molecular weight excluding hydrogens is 420 g/mol. The number of para-hydroxylation sites is 1. The van der Waals surface area contributed by atoms with Crippen LogP contribution in [-0.4, -0.2) is 42.5 Å². The van der Waals surface area contributed by atoms with Gasteiger partial charge in [0.25, 0.3) is 0 Å².